The van der Waals surface area contributed by atoms with Crippen LogP contribution >= 0.6 is 11.6 Å². The highest BCUT2D eigenvalue weighted by atomic mass is 35.5. The number of nitrogens with one attached hydrogen (secondary N) is 1. The number of nitrogens with zero attached hydrogens (tertiary/aromatic N) is 5. The second-order valence-electron chi connectivity index (χ2n) is 9.92. The van der Waals surface area contributed by atoms with Crippen LogP contribution in [-0.2, 0) is 26.1 Å². The first kappa shape index (κ1) is 28.0. The highest BCUT2D eigenvalue weighted by molar-refractivity contribution is 6.30. The number of pyridine rings is 1. The Morgan fingerprint density at radius 1 is 1.12 bits per heavy atom. The number of piperazine rings is 1. The van der Waals surface area contributed by atoms with Crippen molar-refractivity contribution < 1.29 is 19.1 Å². The molecule has 210 valence electrons. The van der Waals surface area contributed by atoms with Crippen LogP contribution in [0, 0.1) is 0 Å². The number of rotatable bonds is 8. The molecule has 0 radical (unpaired) electrons. The van der Waals surface area contributed by atoms with Crippen LogP contribution in [0.5, 0.6) is 0 Å². The lowest BCUT2D eigenvalue weighted by Crippen LogP contribution is -2.50. The summed E-state index contributed by atoms with van der Waals surface area (Å²) in [5.74, 6) is -0.259. The lowest BCUT2D eigenvalue weighted by atomic mass is 9.89. The monoisotopic (exact) mass is 564 g/mol. The number of hydrogen-bond acceptors (Lipinski definition) is 7. The Hall–Kier alpha value is -3.57. The van der Waals surface area contributed by atoms with Gasteiger partial charge in [0.15, 0.2) is 0 Å². The fraction of sp³-hybridized carbons (Fsp3) is 0.379. The van der Waals surface area contributed by atoms with E-state index in [1.165, 1.54) is 14.2 Å². The van der Waals surface area contributed by atoms with Crippen molar-refractivity contribution in [3.05, 3.63) is 82.2 Å². The molecule has 3 heterocycles. The lowest BCUT2D eigenvalue weighted by Gasteiger charge is -2.40. The van der Waals surface area contributed by atoms with Crippen molar-refractivity contribution in [2.75, 3.05) is 53.6 Å². The van der Waals surface area contributed by atoms with Gasteiger partial charge in [-0.05, 0) is 46.5 Å². The molecule has 0 saturated carbocycles. The molecule has 1 N–H and O–H groups in total. The van der Waals surface area contributed by atoms with Crippen LogP contribution in [0.1, 0.15) is 40.2 Å². The van der Waals surface area contributed by atoms with Gasteiger partial charge in [-0.3, -0.25) is 19.5 Å². The third kappa shape index (κ3) is 5.66. The van der Waals surface area contributed by atoms with E-state index in [1.54, 1.807) is 18.7 Å². The summed E-state index contributed by atoms with van der Waals surface area (Å²) < 4.78 is 12.1. The van der Waals surface area contributed by atoms with Crippen LogP contribution < -0.4 is 5.32 Å². The molecular formula is C29H33ClN6O4. The minimum absolute atomic E-state index is 0.0107. The lowest BCUT2D eigenvalue weighted by molar-refractivity contribution is -0.137. The molecule has 10 nitrogen and oxygen atoms in total. The Kier molecular flexibility index (Phi) is 8.60. The number of imidazole rings is 1. The van der Waals surface area contributed by atoms with Gasteiger partial charge in [0.05, 0.1) is 36.0 Å². The van der Waals surface area contributed by atoms with Crippen molar-refractivity contribution in [3.8, 4) is 0 Å². The van der Waals surface area contributed by atoms with Crippen LogP contribution in [0.4, 0.5) is 0 Å². The number of hydrogen-bond donors (Lipinski definition) is 1. The third-order valence-corrected chi connectivity index (χ3v) is 7.64. The van der Waals surface area contributed by atoms with E-state index >= 15 is 0 Å². The molecule has 1 aliphatic carbocycles. The molecular weight excluding hydrogens is 532 g/mol. The molecule has 1 fully saturated rings. The Labute approximate surface area is 238 Å². The van der Waals surface area contributed by atoms with Gasteiger partial charge in [0, 0.05) is 58.7 Å². The van der Waals surface area contributed by atoms with Gasteiger partial charge in [0.2, 0.25) is 11.8 Å². The highest BCUT2D eigenvalue weighted by Crippen LogP contribution is 2.44. The van der Waals surface area contributed by atoms with Crippen molar-refractivity contribution in [3.63, 3.8) is 0 Å². The smallest absolute Gasteiger partial charge is 0.248 e. The van der Waals surface area contributed by atoms with E-state index in [0.717, 1.165) is 33.7 Å². The highest BCUT2D eigenvalue weighted by Gasteiger charge is 2.36. The zero-order valence-corrected chi connectivity index (χ0v) is 23.6. The summed E-state index contributed by atoms with van der Waals surface area (Å²) in [5, 5.41) is 3.74. The summed E-state index contributed by atoms with van der Waals surface area (Å²) in [5.41, 5.74) is 5.48. The summed E-state index contributed by atoms with van der Waals surface area (Å²) in [6.07, 6.45) is 7.35. The van der Waals surface area contributed by atoms with Crippen molar-refractivity contribution in [1.82, 2.24) is 29.7 Å². The Morgan fingerprint density at radius 2 is 1.90 bits per heavy atom. The number of amides is 2. The number of carbonyl (C=O) groups excluding carboxylic acids is 2. The second-order valence-corrected chi connectivity index (χ2v) is 10.4. The fourth-order valence-corrected chi connectivity index (χ4v) is 5.71. The van der Waals surface area contributed by atoms with Gasteiger partial charge >= 0.3 is 0 Å². The fourth-order valence-electron chi connectivity index (χ4n) is 5.53. The molecule has 1 saturated heterocycles. The number of benzene rings is 1. The zero-order chi connectivity index (χ0) is 28.2. The molecule has 2 unspecified atom stereocenters. The molecule has 2 amide bonds. The topological polar surface area (TPSA) is 102 Å². The van der Waals surface area contributed by atoms with Gasteiger partial charge in [0.1, 0.15) is 13.2 Å². The molecule has 5 rings (SSSR count). The van der Waals surface area contributed by atoms with E-state index in [1.807, 2.05) is 46.8 Å². The molecule has 2 atom stereocenters. The average Bonchev–Trinajstić information content (AvgIpc) is 3.32. The Bertz CT molecular complexity index is 1420. The van der Waals surface area contributed by atoms with E-state index < -0.39 is 6.04 Å². The maximum Gasteiger partial charge on any atom is 0.248 e. The van der Waals surface area contributed by atoms with E-state index in [2.05, 4.69) is 21.3 Å². The quantitative estimate of drug-likeness (QED) is 0.449. The van der Waals surface area contributed by atoms with Gasteiger partial charge in [-0.25, -0.2) is 4.98 Å². The maximum atomic E-state index is 12.9. The predicted octanol–water partition coefficient (Wildman–Crippen LogP) is 2.71. The van der Waals surface area contributed by atoms with Crippen molar-refractivity contribution in [1.29, 1.82) is 0 Å². The molecule has 11 heteroatoms. The summed E-state index contributed by atoms with van der Waals surface area (Å²) in [6.45, 7) is 2.53. The molecule has 1 aromatic carbocycles. The van der Waals surface area contributed by atoms with Gasteiger partial charge in [0.25, 0.3) is 0 Å². The van der Waals surface area contributed by atoms with E-state index in [-0.39, 0.29) is 31.1 Å². The second kappa shape index (κ2) is 12.3. The van der Waals surface area contributed by atoms with Crippen LogP contribution in [0.15, 0.2) is 49.1 Å². The molecule has 1 aliphatic heterocycles. The van der Waals surface area contributed by atoms with E-state index in [0.29, 0.717) is 31.2 Å². The Morgan fingerprint density at radius 3 is 2.60 bits per heavy atom. The molecule has 2 aliphatic rings. The summed E-state index contributed by atoms with van der Waals surface area (Å²) >= 11 is 6.60. The zero-order valence-electron chi connectivity index (χ0n) is 22.8. The van der Waals surface area contributed by atoms with Gasteiger partial charge in [-0.1, -0.05) is 23.7 Å². The molecule has 3 aromatic rings. The summed E-state index contributed by atoms with van der Waals surface area (Å²) in [4.78, 5) is 38.7. The largest absolute Gasteiger partial charge is 0.375 e. The number of carbonyl (C=O) groups is 2. The minimum atomic E-state index is -0.525. The van der Waals surface area contributed by atoms with E-state index in [9.17, 15) is 9.59 Å². The maximum absolute atomic E-state index is 12.9. The van der Waals surface area contributed by atoms with Crippen LogP contribution in [0.2, 0.25) is 5.02 Å². The molecule has 40 heavy (non-hydrogen) atoms. The first-order valence-corrected chi connectivity index (χ1v) is 13.5. The van der Waals surface area contributed by atoms with Crippen molar-refractivity contribution >= 4 is 35.1 Å². The first-order chi connectivity index (χ1) is 19.4. The predicted molar refractivity (Wildman–Crippen MR) is 151 cm³/mol. The molecule has 2 aromatic heterocycles. The number of aromatic nitrogens is 3. The first-order valence-electron chi connectivity index (χ1n) is 13.1. The standard InChI is InChI=1S/C29H33ClN6O4/c1-34-18-31-15-24(34)28(33-25(37)16-39-2)23-13-19-5-4-8-32-27(19)29(21-7-6-20(30)14-22(21)23)36-11-9-35(10-12-36)26(38)17-40-3/h4-8,13-15,18,28-29H,9-12,16-17H2,1-3H3,(H,33,37). The molecule has 0 spiro atoms. The average molecular weight is 565 g/mol. The third-order valence-electron chi connectivity index (χ3n) is 7.40. The van der Waals surface area contributed by atoms with Crippen molar-refractivity contribution in [2.45, 2.75) is 12.1 Å². The van der Waals surface area contributed by atoms with E-state index in [4.69, 9.17) is 26.1 Å². The normalized spacial score (nSPS) is 17.9. The summed E-state index contributed by atoms with van der Waals surface area (Å²) in [7, 11) is 4.93. The van der Waals surface area contributed by atoms with Crippen LogP contribution in [0.3, 0.4) is 0 Å². The number of aryl methyl sites for hydroxylation is 1. The van der Waals surface area contributed by atoms with Crippen LogP contribution in [-0.4, -0.2) is 89.8 Å². The van der Waals surface area contributed by atoms with Gasteiger partial charge in [-0.2, -0.15) is 0 Å². The van der Waals surface area contributed by atoms with Gasteiger partial charge < -0.3 is 24.3 Å². The molecule has 0 bridgehead atoms. The minimum Gasteiger partial charge on any atom is -0.375 e. The number of ether oxygens (including phenoxy) is 2. The Balaban J connectivity index is 1.62. The van der Waals surface area contributed by atoms with Crippen molar-refractivity contribution in [2.24, 2.45) is 7.05 Å². The number of fused-ring (bicyclic) bond motifs is 2. The summed E-state index contributed by atoms with van der Waals surface area (Å²) in [6, 6.07) is 9.13. The number of halogens is 1. The number of methoxy groups -OCH3 is 2. The van der Waals surface area contributed by atoms with Gasteiger partial charge in [-0.15, -0.1) is 0 Å². The van der Waals surface area contributed by atoms with Crippen LogP contribution in [0.25, 0.3) is 11.6 Å². The SMILES string of the molecule is COCC(=O)NC(C1=Cc2cccnc2C(N2CCN(C(=O)COC)CC2)c2ccc(Cl)cc21)c1cncn1C.